The van der Waals surface area contributed by atoms with Crippen LogP contribution in [0.1, 0.15) is 10.4 Å². The third-order valence-corrected chi connectivity index (χ3v) is 2.22. The van der Waals surface area contributed by atoms with E-state index in [4.69, 9.17) is 0 Å². The van der Waals surface area contributed by atoms with Gasteiger partial charge in [-0.3, -0.25) is 9.59 Å². The maximum atomic E-state index is 11.3. The SMILES string of the molecule is CNC(=O)c1ccc2c(c1)NCC(=O)N2. The first kappa shape index (κ1) is 9.51. The van der Waals surface area contributed by atoms with E-state index in [1.807, 2.05) is 0 Å². The molecule has 0 spiro atoms. The molecule has 0 unspecified atom stereocenters. The minimum atomic E-state index is -0.142. The van der Waals surface area contributed by atoms with Crippen molar-refractivity contribution in [2.45, 2.75) is 0 Å². The van der Waals surface area contributed by atoms with Crippen LogP contribution in [0, 0.1) is 0 Å². The number of carbonyl (C=O) groups is 2. The van der Waals surface area contributed by atoms with Crippen LogP contribution in [0.5, 0.6) is 0 Å². The number of hydrogen-bond donors (Lipinski definition) is 3. The maximum absolute atomic E-state index is 11.3. The van der Waals surface area contributed by atoms with Crippen molar-refractivity contribution in [1.82, 2.24) is 5.32 Å². The molecule has 1 aliphatic heterocycles. The third-order valence-electron chi connectivity index (χ3n) is 2.22. The second-order valence-electron chi connectivity index (χ2n) is 3.24. The van der Waals surface area contributed by atoms with Gasteiger partial charge in [-0.15, -0.1) is 0 Å². The van der Waals surface area contributed by atoms with Crippen molar-refractivity contribution in [3.63, 3.8) is 0 Å². The Bertz CT molecular complexity index is 429. The minimum absolute atomic E-state index is 0.0739. The van der Waals surface area contributed by atoms with Gasteiger partial charge in [-0.1, -0.05) is 0 Å². The molecule has 15 heavy (non-hydrogen) atoms. The summed E-state index contributed by atoms with van der Waals surface area (Å²) in [5, 5.41) is 8.19. The first-order valence-electron chi connectivity index (χ1n) is 4.60. The lowest BCUT2D eigenvalue weighted by molar-refractivity contribution is -0.114. The molecule has 0 saturated carbocycles. The molecular weight excluding hydrogens is 194 g/mol. The average Bonchev–Trinajstić information content (AvgIpc) is 2.27. The smallest absolute Gasteiger partial charge is 0.251 e. The van der Waals surface area contributed by atoms with Crippen molar-refractivity contribution in [2.24, 2.45) is 0 Å². The fraction of sp³-hybridized carbons (Fsp3) is 0.200. The number of rotatable bonds is 1. The highest BCUT2D eigenvalue weighted by Crippen LogP contribution is 2.25. The molecule has 0 saturated heterocycles. The second kappa shape index (κ2) is 3.61. The van der Waals surface area contributed by atoms with Crippen LogP contribution in [-0.4, -0.2) is 25.4 Å². The highest BCUT2D eigenvalue weighted by atomic mass is 16.2. The highest BCUT2D eigenvalue weighted by Gasteiger charge is 2.15. The van der Waals surface area contributed by atoms with Gasteiger partial charge in [-0.25, -0.2) is 0 Å². The molecule has 0 aliphatic carbocycles. The predicted molar refractivity (Wildman–Crippen MR) is 57.0 cm³/mol. The van der Waals surface area contributed by atoms with E-state index in [9.17, 15) is 9.59 Å². The van der Waals surface area contributed by atoms with E-state index in [-0.39, 0.29) is 18.4 Å². The summed E-state index contributed by atoms with van der Waals surface area (Å²) in [7, 11) is 1.58. The van der Waals surface area contributed by atoms with Crippen molar-refractivity contribution in [3.8, 4) is 0 Å². The van der Waals surface area contributed by atoms with E-state index in [0.717, 1.165) is 5.69 Å². The van der Waals surface area contributed by atoms with E-state index in [1.165, 1.54) is 0 Å². The largest absolute Gasteiger partial charge is 0.374 e. The highest BCUT2D eigenvalue weighted by molar-refractivity contribution is 6.03. The molecule has 2 amide bonds. The maximum Gasteiger partial charge on any atom is 0.251 e. The molecule has 2 rings (SSSR count). The summed E-state index contributed by atoms with van der Waals surface area (Å²) in [6.45, 7) is 0.240. The average molecular weight is 205 g/mol. The van der Waals surface area contributed by atoms with Crippen molar-refractivity contribution >= 4 is 23.2 Å². The molecule has 5 nitrogen and oxygen atoms in total. The minimum Gasteiger partial charge on any atom is -0.374 e. The standard InChI is InChI=1S/C10H11N3O2/c1-11-10(15)6-2-3-7-8(4-6)12-5-9(14)13-7/h2-4,12H,5H2,1H3,(H,11,15)(H,13,14). The molecule has 0 bridgehead atoms. The van der Waals surface area contributed by atoms with Gasteiger partial charge in [0.25, 0.3) is 5.91 Å². The van der Waals surface area contributed by atoms with E-state index >= 15 is 0 Å². The molecular formula is C10H11N3O2. The van der Waals surface area contributed by atoms with Crippen LogP contribution >= 0.6 is 0 Å². The summed E-state index contributed by atoms with van der Waals surface area (Å²) in [5.41, 5.74) is 2.05. The van der Waals surface area contributed by atoms with Crippen LogP contribution in [0.2, 0.25) is 0 Å². The van der Waals surface area contributed by atoms with Gasteiger partial charge in [0.15, 0.2) is 0 Å². The summed E-state index contributed by atoms with van der Waals surface area (Å²) in [6.07, 6.45) is 0. The van der Waals surface area contributed by atoms with Gasteiger partial charge in [0.2, 0.25) is 5.91 Å². The van der Waals surface area contributed by atoms with Crippen LogP contribution in [0.4, 0.5) is 11.4 Å². The molecule has 5 heteroatoms. The van der Waals surface area contributed by atoms with Crippen molar-refractivity contribution in [1.29, 1.82) is 0 Å². The number of anilines is 2. The topological polar surface area (TPSA) is 70.2 Å². The zero-order chi connectivity index (χ0) is 10.8. The molecule has 78 valence electrons. The lowest BCUT2D eigenvalue weighted by atomic mass is 10.1. The number of amides is 2. The van der Waals surface area contributed by atoms with Crippen LogP contribution < -0.4 is 16.0 Å². The summed E-state index contributed by atoms with van der Waals surface area (Å²) in [5.74, 6) is -0.216. The zero-order valence-electron chi connectivity index (χ0n) is 8.26. The lowest BCUT2D eigenvalue weighted by Gasteiger charge is -2.18. The van der Waals surface area contributed by atoms with Crippen molar-refractivity contribution in [3.05, 3.63) is 23.8 Å². The number of fused-ring (bicyclic) bond motifs is 1. The number of carbonyl (C=O) groups excluding carboxylic acids is 2. The fourth-order valence-electron chi connectivity index (χ4n) is 1.45. The summed E-state index contributed by atoms with van der Waals surface area (Å²) in [4.78, 5) is 22.4. The zero-order valence-corrected chi connectivity index (χ0v) is 8.26. The molecule has 1 aliphatic rings. The predicted octanol–water partition coefficient (Wildman–Crippen LogP) is 0.410. The lowest BCUT2D eigenvalue weighted by Crippen LogP contribution is -2.28. The van der Waals surface area contributed by atoms with Crippen LogP contribution in [-0.2, 0) is 4.79 Å². The Morgan fingerprint density at radius 2 is 2.20 bits per heavy atom. The number of benzene rings is 1. The Morgan fingerprint density at radius 1 is 1.40 bits per heavy atom. The molecule has 1 aromatic carbocycles. The van der Waals surface area contributed by atoms with Gasteiger partial charge >= 0.3 is 0 Å². The van der Waals surface area contributed by atoms with Crippen molar-refractivity contribution in [2.75, 3.05) is 24.2 Å². The second-order valence-corrected chi connectivity index (χ2v) is 3.24. The Morgan fingerprint density at radius 3 is 2.93 bits per heavy atom. The van der Waals surface area contributed by atoms with E-state index in [2.05, 4.69) is 16.0 Å². The van der Waals surface area contributed by atoms with Crippen LogP contribution in [0.3, 0.4) is 0 Å². The number of hydrogen-bond acceptors (Lipinski definition) is 3. The molecule has 3 N–H and O–H groups in total. The Balaban J connectivity index is 2.34. The molecule has 0 atom stereocenters. The quantitative estimate of drug-likeness (QED) is 0.622. The van der Waals surface area contributed by atoms with Crippen LogP contribution in [0.15, 0.2) is 18.2 Å². The van der Waals surface area contributed by atoms with Gasteiger partial charge in [0.1, 0.15) is 0 Å². The van der Waals surface area contributed by atoms with Crippen molar-refractivity contribution < 1.29 is 9.59 Å². The summed E-state index contributed by atoms with van der Waals surface area (Å²) >= 11 is 0. The third kappa shape index (κ3) is 1.76. The number of nitrogens with one attached hydrogen (secondary N) is 3. The van der Waals surface area contributed by atoms with E-state index in [1.54, 1.807) is 25.2 Å². The van der Waals surface area contributed by atoms with E-state index < -0.39 is 0 Å². The Labute approximate surface area is 86.9 Å². The summed E-state index contributed by atoms with van der Waals surface area (Å²) < 4.78 is 0. The molecule has 1 aromatic rings. The molecule has 0 fully saturated rings. The van der Waals surface area contributed by atoms with E-state index in [0.29, 0.717) is 11.3 Å². The summed E-state index contributed by atoms with van der Waals surface area (Å²) in [6, 6.07) is 5.10. The van der Waals surface area contributed by atoms with Gasteiger partial charge in [0.05, 0.1) is 17.9 Å². The Hall–Kier alpha value is -2.04. The fourth-order valence-corrected chi connectivity index (χ4v) is 1.45. The van der Waals surface area contributed by atoms with Gasteiger partial charge in [-0.2, -0.15) is 0 Å². The molecule has 1 heterocycles. The monoisotopic (exact) mass is 205 g/mol. The first-order chi connectivity index (χ1) is 7.20. The van der Waals surface area contributed by atoms with Gasteiger partial charge in [0, 0.05) is 12.6 Å². The first-order valence-corrected chi connectivity index (χ1v) is 4.60. The van der Waals surface area contributed by atoms with Gasteiger partial charge < -0.3 is 16.0 Å². The Kier molecular flexibility index (Phi) is 2.29. The van der Waals surface area contributed by atoms with Crippen LogP contribution in [0.25, 0.3) is 0 Å². The normalized spacial score (nSPS) is 13.5. The molecule has 0 radical (unpaired) electrons. The molecule has 0 aromatic heterocycles. The van der Waals surface area contributed by atoms with Gasteiger partial charge in [-0.05, 0) is 18.2 Å².